The average Bonchev–Trinajstić information content (AvgIpc) is 2.78. The van der Waals surface area contributed by atoms with Crippen LogP contribution in [0.2, 0.25) is 0 Å². The van der Waals surface area contributed by atoms with E-state index in [1.807, 2.05) is 0 Å². The fourth-order valence-electron chi connectivity index (χ4n) is 1.30. The minimum atomic E-state index is -3.30. The molecule has 5 nitrogen and oxygen atoms in total. The lowest BCUT2D eigenvalue weighted by atomic mass is 10.2. The Bertz CT molecular complexity index is 373. The Balaban J connectivity index is 2.51. The number of nitrogens with one attached hydrogen (secondary N) is 1. The Kier molecular flexibility index (Phi) is 3.67. The van der Waals surface area contributed by atoms with Crippen molar-refractivity contribution < 1.29 is 13.2 Å². The first-order valence-corrected chi connectivity index (χ1v) is 7.03. The Hall–Kier alpha value is -0.690. The maximum atomic E-state index is 11.3. The van der Waals surface area contributed by atoms with Crippen LogP contribution in [-0.4, -0.2) is 37.4 Å². The Morgan fingerprint density at radius 1 is 1.60 bits per heavy atom. The summed E-state index contributed by atoms with van der Waals surface area (Å²) < 4.78 is 21.7. The van der Waals surface area contributed by atoms with Gasteiger partial charge in [-0.25, -0.2) is 8.42 Å². The van der Waals surface area contributed by atoms with Gasteiger partial charge < -0.3 is 11.1 Å². The van der Waals surface area contributed by atoms with Crippen molar-refractivity contribution in [3.05, 3.63) is 0 Å². The number of sulfone groups is 1. The Morgan fingerprint density at radius 2 is 2.13 bits per heavy atom. The largest absolute Gasteiger partial charge is 0.392 e. The molecule has 1 saturated carbocycles. The summed E-state index contributed by atoms with van der Waals surface area (Å²) in [6.45, 7) is 0. The predicted molar refractivity (Wildman–Crippen MR) is 61.2 cm³/mol. The third-order valence-corrected chi connectivity index (χ3v) is 3.15. The molecule has 7 heteroatoms. The second kappa shape index (κ2) is 4.44. The van der Waals surface area contributed by atoms with E-state index >= 15 is 0 Å². The zero-order chi connectivity index (χ0) is 11.6. The number of carbonyl (C=O) groups is 1. The molecule has 0 spiro atoms. The van der Waals surface area contributed by atoms with Gasteiger partial charge >= 0.3 is 0 Å². The van der Waals surface area contributed by atoms with E-state index in [9.17, 15) is 13.2 Å². The second-order valence-electron chi connectivity index (χ2n) is 3.86. The van der Waals surface area contributed by atoms with Crippen LogP contribution in [0, 0.1) is 5.92 Å². The fraction of sp³-hybridized carbons (Fsp3) is 0.750. The molecular weight excluding hydrogens is 236 g/mol. The molecule has 15 heavy (non-hydrogen) atoms. The smallest absolute Gasteiger partial charge is 0.235 e. The first kappa shape index (κ1) is 12.4. The molecule has 1 atom stereocenters. The lowest BCUT2D eigenvalue weighted by Gasteiger charge is -2.16. The van der Waals surface area contributed by atoms with Crippen LogP contribution >= 0.6 is 12.2 Å². The SMILES string of the molecule is CS(=O)(=O)CC(=O)NC(C(N)=S)C1CC1. The number of hydrogen-bond donors (Lipinski definition) is 2. The number of thiocarbonyl (C=S) groups is 1. The Morgan fingerprint density at radius 3 is 2.47 bits per heavy atom. The van der Waals surface area contributed by atoms with Crippen LogP contribution in [0.25, 0.3) is 0 Å². The zero-order valence-electron chi connectivity index (χ0n) is 8.39. The van der Waals surface area contributed by atoms with E-state index in [1.54, 1.807) is 0 Å². The molecule has 1 unspecified atom stereocenters. The van der Waals surface area contributed by atoms with Gasteiger partial charge in [0.1, 0.15) is 5.75 Å². The molecule has 3 N–H and O–H groups in total. The first-order valence-electron chi connectivity index (χ1n) is 4.56. The lowest BCUT2D eigenvalue weighted by Crippen LogP contribution is -2.46. The van der Waals surface area contributed by atoms with Crippen LogP contribution in [0.1, 0.15) is 12.8 Å². The van der Waals surface area contributed by atoms with Gasteiger partial charge in [-0.2, -0.15) is 0 Å². The molecular formula is C8H14N2O3S2. The summed E-state index contributed by atoms with van der Waals surface area (Å²) in [5.74, 6) is -0.771. The van der Waals surface area contributed by atoms with Gasteiger partial charge in [-0.05, 0) is 18.8 Å². The maximum Gasteiger partial charge on any atom is 0.235 e. The molecule has 0 radical (unpaired) electrons. The van der Waals surface area contributed by atoms with E-state index < -0.39 is 21.5 Å². The van der Waals surface area contributed by atoms with Gasteiger partial charge in [0.2, 0.25) is 5.91 Å². The molecule has 0 aromatic carbocycles. The van der Waals surface area contributed by atoms with Crippen molar-refractivity contribution in [1.29, 1.82) is 0 Å². The standard InChI is InChI=1S/C8H14N2O3S2/c1-15(12,13)4-6(11)10-7(8(9)14)5-2-3-5/h5,7H,2-4H2,1H3,(H2,9,14)(H,10,11). The van der Waals surface area contributed by atoms with Gasteiger partial charge in [0.25, 0.3) is 0 Å². The highest BCUT2D eigenvalue weighted by atomic mass is 32.2. The summed E-state index contributed by atoms with van der Waals surface area (Å²) in [7, 11) is -3.30. The summed E-state index contributed by atoms with van der Waals surface area (Å²) >= 11 is 4.81. The van der Waals surface area contributed by atoms with Crippen molar-refractivity contribution in [3.8, 4) is 0 Å². The third kappa shape index (κ3) is 4.57. The molecule has 1 aliphatic carbocycles. The molecule has 0 aliphatic heterocycles. The van der Waals surface area contributed by atoms with Crippen LogP contribution in [0.3, 0.4) is 0 Å². The highest BCUT2D eigenvalue weighted by Gasteiger charge is 2.34. The van der Waals surface area contributed by atoms with Gasteiger partial charge in [-0.15, -0.1) is 0 Å². The van der Waals surface area contributed by atoms with Crippen molar-refractivity contribution >= 4 is 33.0 Å². The summed E-state index contributed by atoms with van der Waals surface area (Å²) in [5, 5.41) is 2.55. The molecule has 86 valence electrons. The average molecular weight is 250 g/mol. The summed E-state index contributed by atoms with van der Waals surface area (Å²) in [5.41, 5.74) is 5.46. The van der Waals surface area contributed by atoms with Crippen molar-refractivity contribution in [2.24, 2.45) is 11.7 Å². The topological polar surface area (TPSA) is 89.3 Å². The van der Waals surface area contributed by atoms with E-state index in [0.717, 1.165) is 19.1 Å². The van der Waals surface area contributed by atoms with Crippen LogP contribution < -0.4 is 11.1 Å². The van der Waals surface area contributed by atoms with Crippen molar-refractivity contribution in [3.63, 3.8) is 0 Å². The lowest BCUT2D eigenvalue weighted by molar-refractivity contribution is -0.119. The van der Waals surface area contributed by atoms with E-state index in [-0.39, 0.29) is 16.9 Å². The van der Waals surface area contributed by atoms with E-state index in [2.05, 4.69) is 5.32 Å². The van der Waals surface area contributed by atoms with Crippen LogP contribution in [0.15, 0.2) is 0 Å². The van der Waals surface area contributed by atoms with Crippen LogP contribution in [-0.2, 0) is 14.6 Å². The van der Waals surface area contributed by atoms with E-state index in [1.165, 1.54) is 0 Å². The minimum absolute atomic E-state index is 0.222. The molecule has 1 amide bonds. The highest BCUT2D eigenvalue weighted by Crippen LogP contribution is 2.32. The van der Waals surface area contributed by atoms with E-state index in [4.69, 9.17) is 18.0 Å². The summed E-state index contributed by atoms with van der Waals surface area (Å²) in [6, 6.07) is -0.353. The fourth-order valence-corrected chi connectivity index (χ4v) is 2.12. The maximum absolute atomic E-state index is 11.3. The number of nitrogens with two attached hydrogens (primary N) is 1. The van der Waals surface area contributed by atoms with Crippen LogP contribution in [0.5, 0.6) is 0 Å². The molecule has 1 aliphatic rings. The molecule has 0 bridgehead atoms. The van der Waals surface area contributed by atoms with Gasteiger partial charge in [0.15, 0.2) is 9.84 Å². The Labute approximate surface area is 94.3 Å². The third-order valence-electron chi connectivity index (χ3n) is 2.11. The zero-order valence-corrected chi connectivity index (χ0v) is 10.0. The molecule has 0 saturated heterocycles. The predicted octanol–water partition coefficient (Wildman–Crippen LogP) is -0.788. The monoisotopic (exact) mass is 250 g/mol. The molecule has 0 heterocycles. The van der Waals surface area contributed by atoms with Crippen molar-refractivity contribution in [2.75, 3.05) is 12.0 Å². The van der Waals surface area contributed by atoms with Gasteiger partial charge in [0, 0.05) is 6.26 Å². The van der Waals surface area contributed by atoms with Crippen molar-refractivity contribution in [1.82, 2.24) is 5.32 Å². The summed E-state index contributed by atoms with van der Waals surface area (Å²) in [4.78, 5) is 11.5. The van der Waals surface area contributed by atoms with Crippen LogP contribution in [0.4, 0.5) is 0 Å². The molecule has 0 aromatic heterocycles. The molecule has 1 rings (SSSR count). The number of hydrogen-bond acceptors (Lipinski definition) is 4. The van der Waals surface area contributed by atoms with Crippen molar-refractivity contribution in [2.45, 2.75) is 18.9 Å². The van der Waals surface area contributed by atoms with Gasteiger partial charge in [0.05, 0.1) is 11.0 Å². The number of amides is 1. The van der Waals surface area contributed by atoms with E-state index in [0.29, 0.717) is 0 Å². The second-order valence-corrected chi connectivity index (χ2v) is 6.47. The normalized spacial score (nSPS) is 18.2. The summed E-state index contributed by atoms with van der Waals surface area (Å²) in [6.07, 6.45) is 2.96. The van der Waals surface area contributed by atoms with Gasteiger partial charge in [-0.3, -0.25) is 4.79 Å². The van der Waals surface area contributed by atoms with Gasteiger partial charge in [-0.1, -0.05) is 12.2 Å². The highest BCUT2D eigenvalue weighted by molar-refractivity contribution is 7.91. The number of rotatable bonds is 5. The number of carbonyl (C=O) groups excluding carboxylic acids is 1. The molecule has 1 fully saturated rings. The molecule has 0 aromatic rings. The first-order chi connectivity index (χ1) is 6.79. The minimum Gasteiger partial charge on any atom is -0.392 e. The quantitative estimate of drug-likeness (QED) is 0.624.